The lowest BCUT2D eigenvalue weighted by Crippen LogP contribution is -2.48. The Morgan fingerprint density at radius 2 is 2.13 bits per heavy atom. The van der Waals surface area contributed by atoms with Crippen molar-refractivity contribution >= 4 is 34.6 Å². The minimum absolute atomic E-state index is 0.141. The molecule has 0 aliphatic carbocycles. The second kappa shape index (κ2) is 7.75. The van der Waals surface area contributed by atoms with Gasteiger partial charge in [-0.25, -0.2) is 4.39 Å². The fourth-order valence-corrected chi connectivity index (χ4v) is 4.30. The molecular formula is C18H21FINO2. The molecule has 4 atom stereocenters. The van der Waals surface area contributed by atoms with Crippen LogP contribution in [0.15, 0.2) is 28.3 Å². The number of carbonyl (C=O) groups excluding carboxylic acids is 1. The van der Waals surface area contributed by atoms with E-state index in [1.165, 1.54) is 5.56 Å². The zero-order valence-electron chi connectivity index (χ0n) is 12.9. The highest BCUT2D eigenvalue weighted by Crippen LogP contribution is 2.42. The van der Waals surface area contributed by atoms with E-state index in [4.69, 9.17) is 4.74 Å². The van der Waals surface area contributed by atoms with E-state index in [0.717, 1.165) is 24.8 Å². The standard InChI is InChI=1S/C18H21FINO2/c19-8-10-23-18(22)17-15(11-14-5-6-16(17)21-14)13-3-1-12(2-4-13)7-9-20/h1-4,7,9,14-17,21H,5-6,8,10-11H2/b9-7-/i20-4. The number of hydrogen-bond donors (Lipinski definition) is 1. The number of hydrogen-bond acceptors (Lipinski definition) is 3. The average molecular weight is 425 g/mol. The van der Waals surface area contributed by atoms with E-state index in [2.05, 4.69) is 52.2 Å². The normalized spacial score (nSPS) is 29.8. The highest BCUT2D eigenvalue weighted by molar-refractivity contribution is 14.1. The van der Waals surface area contributed by atoms with Crippen molar-refractivity contribution in [1.82, 2.24) is 5.32 Å². The number of nitrogens with one attached hydrogen (secondary N) is 1. The summed E-state index contributed by atoms with van der Waals surface area (Å²) in [5.74, 6) is -0.327. The smallest absolute Gasteiger partial charge is 0.311 e. The Bertz CT molecular complexity index is 575. The maximum atomic E-state index is 12.5. The zero-order chi connectivity index (χ0) is 16.2. The van der Waals surface area contributed by atoms with E-state index < -0.39 is 6.67 Å². The Labute approximate surface area is 149 Å². The molecule has 1 N–H and O–H groups in total. The van der Waals surface area contributed by atoms with Crippen molar-refractivity contribution in [1.29, 1.82) is 0 Å². The molecule has 3 nitrogen and oxygen atoms in total. The van der Waals surface area contributed by atoms with Crippen LogP contribution in [0.1, 0.15) is 36.3 Å². The predicted molar refractivity (Wildman–Crippen MR) is 97.2 cm³/mol. The van der Waals surface area contributed by atoms with Gasteiger partial charge in [-0.3, -0.25) is 4.79 Å². The molecule has 0 aromatic heterocycles. The number of piperidine rings is 1. The molecule has 23 heavy (non-hydrogen) atoms. The number of rotatable bonds is 5. The van der Waals surface area contributed by atoms with Crippen LogP contribution in [0, 0.1) is 5.92 Å². The number of carbonyl (C=O) groups is 1. The molecule has 2 aliphatic heterocycles. The van der Waals surface area contributed by atoms with Gasteiger partial charge in [-0.15, -0.1) is 0 Å². The van der Waals surface area contributed by atoms with Crippen molar-refractivity contribution in [2.75, 3.05) is 13.3 Å². The van der Waals surface area contributed by atoms with Crippen LogP contribution in [0.2, 0.25) is 0 Å². The van der Waals surface area contributed by atoms with Crippen LogP contribution in [0.4, 0.5) is 4.39 Å². The van der Waals surface area contributed by atoms with E-state index >= 15 is 0 Å². The molecule has 1 aromatic carbocycles. The molecule has 2 saturated heterocycles. The van der Waals surface area contributed by atoms with Gasteiger partial charge in [0.15, 0.2) is 0 Å². The number of halogens is 2. The summed E-state index contributed by atoms with van der Waals surface area (Å²) in [5.41, 5.74) is 2.33. The Morgan fingerprint density at radius 1 is 1.35 bits per heavy atom. The molecule has 0 radical (unpaired) electrons. The summed E-state index contributed by atoms with van der Waals surface area (Å²) in [6.07, 6.45) is 5.08. The molecular weight excluding hydrogens is 404 g/mol. The Morgan fingerprint density at radius 3 is 2.83 bits per heavy atom. The van der Waals surface area contributed by atoms with Crippen molar-refractivity contribution in [3.63, 3.8) is 0 Å². The van der Waals surface area contributed by atoms with Crippen LogP contribution in [0.25, 0.3) is 6.08 Å². The van der Waals surface area contributed by atoms with Gasteiger partial charge in [0.1, 0.15) is 13.3 Å². The van der Waals surface area contributed by atoms with Gasteiger partial charge in [-0.2, -0.15) is 0 Å². The van der Waals surface area contributed by atoms with E-state index in [9.17, 15) is 9.18 Å². The molecule has 5 heteroatoms. The van der Waals surface area contributed by atoms with Crippen LogP contribution in [0.5, 0.6) is 0 Å². The summed E-state index contributed by atoms with van der Waals surface area (Å²) in [7, 11) is 0. The quantitative estimate of drug-likeness (QED) is 0.576. The largest absolute Gasteiger partial charge is 0.463 e. The minimum Gasteiger partial charge on any atom is -0.463 e. The van der Waals surface area contributed by atoms with Crippen LogP contribution in [-0.2, 0) is 9.53 Å². The van der Waals surface area contributed by atoms with Crippen molar-refractivity contribution in [2.45, 2.75) is 37.3 Å². The molecule has 2 heterocycles. The molecule has 124 valence electrons. The Hall–Kier alpha value is -0.950. The predicted octanol–water partition coefficient (Wildman–Crippen LogP) is 3.83. The summed E-state index contributed by atoms with van der Waals surface area (Å²) in [6.45, 7) is -0.765. The third-order valence-corrected chi connectivity index (χ3v) is 5.25. The van der Waals surface area contributed by atoms with Gasteiger partial charge in [0.25, 0.3) is 0 Å². The molecule has 0 spiro atoms. The van der Waals surface area contributed by atoms with Gasteiger partial charge in [-0.1, -0.05) is 46.9 Å². The number of ether oxygens (including phenoxy) is 1. The highest BCUT2D eigenvalue weighted by Gasteiger charge is 2.46. The number of alkyl halides is 1. The fraction of sp³-hybridized carbons (Fsp3) is 0.500. The molecule has 3 rings (SSSR count). The number of benzene rings is 1. The van der Waals surface area contributed by atoms with Crippen LogP contribution in [-0.4, -0.2) is 31.3 Å². The summed E-state index contributed by atoms with van der Waals surface area (Å²) >= 11 is 2.20. The van der Waals surface area contributed by atoms with Crippen molar-refractivity contribution in [3.8, 4) is 0 Å². The van der Waals surface area contributed by atoms with Crippen LogP contribution < -0.4 is 5.32 Å². The lowest BCUT2D eigenvalue weighted by atomic mass is 9.77. The van der Waals surface area contributed by atoms with E-state index in [1.54, 1.807) is 0 Å². The molecule has 2 bridgehead atoms. The topological polar surface area (TPSA) is 38.3 Å². The van der Waals surface area contributed by atoms with Gasteiger partial charge >= 0.3 is 5.97 Å². The summed E-state index contributed by atoms with van der Waals surface area (Å²) in [5, 5.41) is 3.52. The third kappa shape index (κ3) is 3.76. The maximum absolute atomic E-state index is 12.5. The first-order valence-electron chi connectivity index (χ1n) is 8.08. The van der Waals surface area contributed by atoms with Crippen molar-refractivity contribution < 1.29 is 13.9 Å². The van der Waals surface area contributed by atoms with Crippen LogP contribution >= 0.6 is 22.6 Å². The Balaban J connectivity index is 1.83. The van der Waals surface area contributed by atoms with E-state index in [0.29, 0.717) is 6.04 Å². The van der Waals surface area contributed by atoms with Gasteiger partial charge in [0.2, 0.25) is 0 Å². The molecule has 2 fully saturated rings. The van der Waals surface area contributed by atoms with Gasteiger partial charge in [-0.05, 0) is 40.5 Å². The van der Waals surface area contributed by atoms with Gasteiger partial charge < -0.3 is 10.1 Å². The molecule has 2 aliphatic rings. The summed E-state index contributed by atoms with van der Waals surface area (Å²) in [6, 6.07) is 9.01. The average Bonchev–Trinajstić information content (AvgIpc) is 2.94. The first-order chi connectivity index (χ1) is 11.2. The second-order valence-electron chi connectivity index (χ2n) is 6.23. The van der Waals surface area contributed by atoms with Crippen molar-refractivity contribution in [3.05, 3.63) is 39.5 Å². The van der Waals surface area contributed by atoms with Crippen molar-refractivity contribution in [2.24, 2.45) is 5.92 Å². The summed E-state index contributed by atoms with van der Waals surface area (Å²) in [4.78, 5) is 12.5. The minimum atomic E-state index is -0.624. The van der Waals surface area contributed by atoms with Gasteiger partial charge in [0.05, 0.1) is 5.92 Å². The number of esters is 1. The zero-order valence-corrected chi connectivity index (χ0v) is 15.0. The highest BCUT2D eigenvalue weighted by atomic mass is 123. The Kier molecular flexibility index (Phi) is 5.69. The fourth-order valence-electron chi connectivity index (χ4n) is 3.89. The molecule has 4 unspecified atom stereocenters. The van der Waals surface area contributed by atoms with Gasteiger partial charge in [0, 0.05) is 18.0 Å². The monoisotopic (exact) mass is 425 g/mol. The SMILES string of the molecule is O=C(OCCF)C1C2CCC(CC1c1ccc(/C=C\[123I])cc1)N2. The maximum Gasteiger partial charge on any atom is 0.311 e. The van der Waals surface area contributed by atoms with E-state index in [1.807, 2.05) is 10.2 Å². The lowest BCUT2D eigenvalue weighted by molar-refractivity contribution is -0.151. The number of fused-ring (bicyclic) bond motifs is 2. The molecule has 1 aromatic rings. The first-order valence-corrected chi connectivity index (χ1v) is 9.33. The lowest BCUT2D eigenvalue weighted by Gasteiger charge is -2.36. The molecule has 0 amide bonds. The third-order valence-electron chi connectivity index (χ3n) is 4.90. The second-order valence-corrected chi connectivity index (χ2v) is 6.95. The summed E-state index contributed by atoms with van der Waals surface area (Å²) < 4.78 is 19.5. The molecule has 0 saturated carbocycles. The first kappa shape index (κ1) is 16.9. The van der Waals surface area contributed by atoms with E-state index in [-0.39, 0.29) is 30.5 Å². The van der Waals surface area contributed by atoms with Crippen LogP contribution in [0.3, 0.4) is 0 Å².